The van der Waals surface area contributed by atoms with Crippen molar-refractivity contribution < 1.29 is 4.79 Å². The summed E-state index contributed by atoms with van der Waals surface area (Å²) < 4.78 is 1.84. The van der Waals surface area contributed by atoms with E-state index in [9.17, 15) is 4.79 Å². The molecule has 0 atom stereocenters. The highest BCUT2D eigenvalue weighted by Crippen LogP contribution is 2.28. The fraction of sp³-hybridized carbons (Fsp3) is 0.474. The molecule has 4 heteroatoms. The summed E-state index contributed by atoms with van der Waals surface area (Å²) in [6, 6.07) is 10.2. The molecule has 0 bridgehead atoms. The van der Waals surface area contributed by atoms with E-state index in [1.54, 1.807) is 6.20 Å². The Balaban J connectivity index is 1.37. The van der Waals surface area contributed by atoms with E-state index < -0.39 is 0 Å². The van der Waals surface area contributed by atoms with Crippen molar-refractivity contribution in [1.82, 2.24) is 15.1 Å². The van der Waals surface area contributed by atoms with Crippen molar-refractivity contribution in [1.29, 1.82) is 0 Å². The number of hydrogen-bond acceptors (Lipinski definition) is 2. The predicted octanol–water partition coefficient (Wildman–Crippen LogP) is 3.50. The molecule has 1 N–H and O–H groups in total. The molecule has 1 aliphatic carbocycles. The highest BCUT2D eigenvalue weighted by atomic mass is 16.1. The van der Waals surface area contributed by atoms with Gasteiger partial charge in [-0.05, 0) is 42.5 Å². The molecule has 122 valence electrons. The maximum Gasteiger partial charge on any atom is 0.220 e. The Morgan fingerprint density at radius 3 is 2.70 bits per heavy atom. The van der Waals surface area contributed by atoms with E-state index in [1.807, 2.05) is 16.9 Å². The van der Waals surface area contributed by atoms with E-state index in [0.717, 1.165) is 24.4 Å². The summed E-state index contributed by atoms with van der Waals surface area (Å²) in [4.78, 5) is 11.9. The average Bonchev–Trinajstić information content (AvgIpc) is 3.27. The van der Waals surface area contributed by atoms with Gasteiger partial charge in [0.05, 0.1) is 5.69 Å². The lowest BCUT2D eigenvalue weighted by Gasteiger charge is -2.09. The second-order valence-electron chi connectivity index (χ2n) is 6.41. The van der Waals surface area contributed by atoms with Crippen LogP contribution in [0.15, 0.2) is 42.7 Å². The van der Waals surface area contributed by atoms with Crippen molar-refractivity contribution >= 4 is 5.91 Å². The van der Waals surface area contributed by atoms with Gasteiger partial charge >= 0.3 is 0 Å². The molecule has 0 spiro atoms. The molecule has 1 aromatic heterocycles. The van der Waals surface area contributed by atoms with Crippen molar-refractivity contribution in [2.75, 3.05) is 6.54 Å². The number of nitrogens with one attached hydrogen (secondary N) is 1. The Labute approximate surface area is 137 Å². The number of rotatable bonds is 7. The first-order chi connectivity index (χ1) is 11.3. The summed E-state index contributed by atoms with van der Waals surface area (Å²) in [5, 5.41) is 7.25. The summed E-state index contributed by atoms with van der Waals surface area (Å²) >= 11 is 0. The van der Waals surface area contributed by atoms with E-state index in [-0.39, 0.29) is 5.91 Å². The first kappa shape index (κ1) is 15.8. The van der Waals surface area contributed by atoms with Crippen LogP contribution in [0.1, 0.15) is 44.1 Å². The lowest BCUT2D eigenvalue weighted by atomic mass is 10.0. The van der Waals surface area contributed by atoms with Crippen LogP contribution in [0, 0.1) is 5.92 Å². The summed E-state index contributed by atoms with van der Waals surface area (Å²) in [5.41, 5.74) is 2.29. The number of nitrogens with zero attached hydrogens (tertiary/aromatic N) is 2. The third kappa shape index (κ3) is 4.68. The summed E-state index contributed by atoms with van der Waals surface area (Å²) in [6.45, 7) is 0.713. The molecule has 0 unspecified atom stereocenters. The van der Waals surface area contributed by atoms with E-state index >= 15 is 0 Å². The fourth-order valence-electron chi connectivity index (χ4n) is 3.31. The molecule has 0 radical (unpaired) electrons. The lowest BCUT2D eigenvalue weighted by molar-refractivity contribution is -0.121. The minimum atomic E-state index is 0.199. The van der Waals surface area contributed by atoms with Crippen LogP contribution in [-0.2, 0) is 11.2 Å². The molecule has 1 aromatic carbocycles. The van der Waals surface area contributed by atoms with Gasteiger partial charge in [0.1, 0.15) is 0 Å². The molecule has 2 aromatic rings. The van der Waals surface area contributed by atoms with E-state index in [4.69, 9.17) is 0 Å². The average molecular weight is 311 g/mol. The van der Waals surface area contributed by atoms with Crippen LogP contribution in [0.25, 0.3) is 5.69 Å². The predicted molar refractivity (Wildman–Crippen MR) is 91.5 cm³/mol. The van der Waals surface area contributed by atoms with Gasteiger partial charge in [0.2, 0.25) is 5.91 Å². The zero-order chi connectivity index (χ0) is 15.9. The third-order valence-electron chi connectivity index (χ3n) is 4.70. The first-order valence-electron chi connectivity index (χ1n) is 8.67. The summed E-state index contributed by atoms with van der Waals surface area (Å²) in [6.07, 6.45) is 11.6. The smallest absolute Gasteiger partial charge is 0.220 e. The number of carbonyl (C=O) groups is 1. The van der Waals surface area contributed by atoms with Gasteiger partial charge in [0, 0.05) is 25.4 Å². The molecule has 4 nitrogen and oxygen atoms in total. The number of aromatic nitrogens is 2. The largest absolute Gasteiger partial charge is 0.356 e. The molecule has 1 saturated carbocycles. The van der Waals surface area contributed by atoms with Crippen LogP contribution in [-0.4, -0.2) is 22.2 Å². The molecule has 23 heavy (non-hydrogen) atoms. The van der Waals surface area contributed by atoms with Crippen LogP contribution in [0.4, 0.5) is 0 Å². The van der Waals surface area contributed by atoms with E-state index in [0.29, 0.717) is 13.0 Å². The molecule has 1 fully saturated rings. The Kier molecular flexibility index (Phi) is 5.46. The van der Waals surface area contributed by atoms with Gasteiger partial charge in [-0.1, -0.05) is 37.8 Å². The number of carbonyl (C=O) groups excluding carboxylic acids is 1. The van der Waals surface area contributed by atoms with Crippen molar-refractivity contribution in [3.8, 4) is 5.69 Å². The van der Waals surface area contributed by atoms with Crippen molar-refractivity contribution in [2.45, 2.75) is 44.9 Å². The minimum absolute atomic E-state index is 0.199. The van der Waals surface area contributed by atoms with Crippen LogP contribution in [0.5, 0.6) is 0 Å². The highest BCUT2D eigenvalue weighted by Gasteiger charge is 2.15. The molecule has 0 saturated heterocycles. The second kappa shape index (κ2) is 7.95. The van der Waals surface area contributed by atoms with Crippen LogP contribution in [0.2, 0.25) is 0 Å². The zero-order valence-electron chi connectivity index (χ0n) is 13.6. The van der Waals surface area contributed by atoms with Gasteiger partial charge in [0.15, 0.2) is 0 Å². The van der Waals surface area contributed by atoms with Gasteiger partial charge in [-0.25, -0.2) is 4.68 Å². The number of hydrogen-bond donors (Lipinski definition) is 1. The van der Waals surface area contributed by atoms with Crippen molar-refractivity contribution in [3.63, 3.8) is 0 Å². The zero-order valence-corrected chi connectivity index (χ0v) is 13.6. The van der Waals surface area contributed by atoms with Crippen LogP contribution < -0.4 is 5.32 Å². The fourth-order valence-corrected chi connectivity index (χ4v) is 3.31. The quantitative estimate of drug-likeness (QED) is 0.850. The topological polar surface area (TPSA) is 46.9 Å². The summed E-state index contributed by atoms with van der Waals surface area (Å²) in [5.74, 6) is 0.987. The molecule has 0 aliphatic heterocycles. The number of benzene rings is 1. The highest BCUT2D eigenvalue weighted by molar-refractivity contribution is 5.75. The SMILES string of the molecule is O=C(CCC1CCCC1)NCCc1ccc(-n2cccn2)cc1. The Morgan fingerprint density at radius 2 is 2.00 bits per heavy atom. The Morgan fingerprint density at radius 1 is 1.22 bits per heavy atom. The standard InChI is InChI=1S/C19H25N3O/c23-19(11-8-16-4-1-2-5-16)20-14-12-17-6-9-18(10-7-17)22-15-3-13-21-22/h3,6-7,9-10,13,15-16H,1-2,4-5,8,11-12,14H2,(H,20,23). The van der Waals surface area contributed by atoms with Gasteiger partial charge in [0.25, 0.3) is 0 Å². The van der Waals surface area contributed by atoms with Gasteiger partial charge < -0.3 is 5.32 Å². The first-order valence-corrected chi connectivity index (χ1v) is 8.67. The normalized spacial score (nSPS) is 15.0. The third-order valence-corrected chi connectivity index (χ3v) is 4.70. The molecule has 1 amide bonds. The van der Waals surface area contributed by atoms with E-state index in [2.05, 4.69) is 34.7 Å². The van der Waals surface area contributed by atoms with Crippen molar-refractivity contribution in [3.05, 3.63) is 48.3 Å². The molecule has 1 heterocycles. The Bertz CT molecular complexity index is 598. The van der Waals surface area contributed by atoms with Crippen molar-refractivity contribution in [2.24, 2.45) is 5.92 Å². The van der Waals surface area contributed by atoms with Gasteiger partial charge in [-0.15, -0.1) is 0 Å². The second-order valence-corrected chi connectivity index (χ2v) is 6.41. The lowest BCUT2D eigenvalue weighted by Crippen LogP contribution is -2.25. The molecule has 1 aliphatic rings. The minimum Gasteiger partial charge on any atom is -0.356 e. The van der Waals surface area contributed by atoms with Gasteiger partial charge in [-0.3, -0.25) is 4.79 Å². The summed E-state index contributed by atoms with van der Waals surface area (Å²) in [7, 11) is 0. The van der Waals surface area contributed by atoms with Gasteiger partial charge in [-0.2, -0.15) is 5.10 Å². The Hall–Kier alpha value is -2.10. The maximum atomic E-state index is 11.9. The number of amides is 1. The molecular formula is C19H25N3O. The van der Waals surface area contributed by atoms with Crippen LogP contribution >= 0.6 is 0 Å². The van der Waals surface area contributed by atoms with Crippen LogP contribution in [0.3, 0.4) is 0 Å². The molecule has 3 rings (SSSR count). The maximum absolute atomic E-state index is 11.9. The monoisotopic (exact) mass is 311 g/mol. The molecular weight excluding hydrogens is 286 g/mol. The van der Waals surface area contributed by atoms with E-state index in [1.165, 1.54) is 31.2 Å².